The van der Waals surface area contributed by atoms with Crippen molar-refractivity contribution in [3.63, 3.8) is 0 Å². The summed E-state index contributed by atoms with van der Waals surface area (Å²) < 4.78 is 0. The molecule has 1 rings (SSSR count). The summed E-state index contributed by atoms with van der Waals surface area (Å²) >= 11 is 1.81. The standard InChI is InChI=1S/C12H22N2O3S/c1-9(2)18-8-5-13-12(17)14-6-3-10(4-7-14)11(15)16/h9-10H,3-8H2,1-2H3,(H,13,17)(H,15,16). The van der Waals surface area contributed by atoms with Crippen molar-refractivity contribution in [2.75, 3.05) is 25.4 Å². The maximum Gasteiger partial charge on any atom is 0.317 e. The molecule has 18 heavy (non-hydrogen) atoms. The van der Waals surface area contributed by atoms with E-state index in [2.05, 4.69) is 19.2 Å². The van der Waals surface area contributed by atoms with Crippen molar-refractivity contribution in [1.82, 2.24) is 10.2 Å². The summed E-state index contributed by atoms with van der Waals surface area (Å²) in [5.74, 6) is -0.122. The third-order valence-electron chi connectivity index (χ3n) is 2.96. The molecule has 0 saturated carbocycles. The van der Waals surface area contributed by atoms with Gasteiger partial charge in [-0.05, 0) is 18.1 Å². The second kappa shape index (κ2) is 7.51. The Kier molecular flexibility index (Phi) is 6.32. The van der Waals surface area contributed by atoms with Gasteiger partial charge < -0.3 is 15.3 Å². The molecule has 1 saturated heterocycles. The second-order valence-electron chi connectivity index (χ2n) is 4.75. The summed E-state index contributed by atoms with van der Waals surface area (Å²) in [6.45, 7) is 6.01. The van der Waals surface area contributed by atoms with Gasteiger partial charge in [0.05, 0.1) is 5.92 Å². The molecule has 0 aromatic heterocycles. The summed E-state index contributed by atoms with van der Waals surface area (Å²) in [6.07, 6.45) is 1.12. The second-order valence-corrected chi connectivity index (χ2v) is 6.44. The number of amides is 2. The Hall–Kier alpha value is -0.910. The Morgan fingerprint density at radius 3 is 2.50 bits per heavy atom. The molecular formula is C12H22N2O3S. The summed E-state index contributed by atoms with van der Waals surface area (Å²) in [5, 5.41) is 12.3. The van der Waals surface area contributed by atoms with E-state index in [0.29, 0.717) is 37.7 Å². The molecule has 1 heterocycles. The molecule has 6 heteroatoms. The van der Waals surface area contributed by atoms with Crippen LogP contribution in [0.3, 0.4) is 0 Å². The van der Waals surface area contributed by atoms with Crippen molar-refractivity contribution >= 4 is 23.8 Å². The Labute approximate surface area is 112 Å². The minimum Gasteiger partial charge on any atom is -0.481 e. The van der Waals surface area contributed by atoms with Crippen LogP contribution in [0, 0.1) is 5.92 Å². The van der Waals surface area contributed by atoms with E-state index >= 15 is 0 Å². The first-order valence-corrected chi connectivity index (χ1v) is 7.42. The summed E-state index contributed by atoms with van der Waals surface area (Å²) in [5.41, 5.74) is 0. The number of carboxylic acid groups (broad SMARTS) is 1. The number of carboxylic acids is 1. The zero-order valence-electron chi connectivity index (χ0n) is 11.0. The molecule has 0 aromatic rings. The minimum atomic E-state index is -0.747. The third-order valence-corrected chi connectivity index (χ3v) is 4.07. The van der Waals surface area contributed by atoms with Crippen LogP contribution in [0.15, 0.2) is 0 Å². The number of carbonyl (C=O) groups is 2. The number of nitrogens with one attached hydrogen (secondary N) is 1. The average molecular weight is 274 g/mol. The van der Waals surface area contributed by atoms with Gasteiger partial charge in [-0.1, -0.05) is 13.8 Å². The van der Waals surface area contributed by atoms with Gasteiger partial charge in [-0.15, -0.1) is 0 Å². The van der Waals surface area contributed by atoms with E-state index in [-0.39, 0.29) is 11.9 Å². The molecule has 0 aliphatic carbocycles. The molecule has 2 N–H and O–H groups in total. The summed E-state index contributed by atoms with van der Waals surface area (Å²) in [7, 11) is 0. The van der Waals surface area contributed by atoms with Gasteiger partial charge in [0.2, 0.25) is 0 Å². The number of nitrogens with zero attached hydrogens (tertiary/aromatic N) is 1. The number of hydrogen-bond donors (Lipinski definition) is 2. The van der Waals surface area contributed by atoms with Crippen molar-refractivity contribution < 1.29 is 14.7 Å². The zero-order valence-corrected chi connectivity index (χ0v) is 11.8. The van der Waals surface area contributed by atoms with Crippen molar-refractivity contribution in [3.05, 3.63) is 0 Å². The van der Waals surface area contributed by atoms with Gasteiger partial charge in [-0.25, -0.2) is 4.79 Å². The SMILES string of the molecule is CC(C)SCCNC(=O)N1CCC(C(=O)O)CC1. The molecule has 0 bridgehead atoms. The first-order chi connectivity index (χ1) is 8.50. The lowest BCUT2D eigenvalue weighted by atomic mass is 9.97. The lowest BCUT2D eigenvalue weighted by molar-refractivity contribution is -0.143. The molecular weight excluding hydrogens is 252 g/mol. The predicted octanol–water partition coefficient (Wildman–Crippen LogP) is 1.63. The van der Waals surface area contributed by atoms with Crippen LogP contribution in [0.25, 0.3) is 0 Å². The highest BCUT2D eigenvalue weighted by Gasteiger charge is 2.26. The number of urea groups is 1. The molecule has 5 nitrogen and oxygen atoms in total. The normalized spacial score (nSPS) is 16.9. The summed E-state index contributed by atoms with van der Waals surface area (Å²) in [4.78, 5) is 24.3. The number of thioether (sulfide) groups is 1. The van der Waals surface area contributed by atoms with Gasteiger partial charge in [-0.2, -0.15) is 11.8 Å². The molecule has 104 valence electrons. The molecule has 1 aliphatic heterocycles. The molecule has 1 aliphatic rings. The lowest BCUT2D eigenvalue weighted by Gasteiger charge is -2.30. The Morgan fingerprint density at radius 2 is 2.00 bits per heavy atom. The number of rotatable bonds is 5. The van der Waals surface area contributed by atoms with E-state index in [4.69, 9.17) is 5.11 Å². The fourth-order valence-electron chi connectivity index (χ4n) is 1.89. The monoisotopic (exact) mass is 274 g/mol. The van der Waals surface area contributed by atoms with Gasteiger partial charge >= 0.3 is 12.0 Å². The van der Waals surface area contributed by atoms with E-state index in [9.17, 15) is 9.59 Å². The van der Waals surface area contributed by atoms with Crippen LogP contribution in [-0.4, -0.2) is 52.6 Å². The van der Waals surface area contributed by atoms with Gasteiger partial charge in [0.25, 0.3) is 0 Å². The Morgan fingerprint density at radius 1 is 1.39 bits per heavy atom. The average Bonchev–Trinajstić information content (AvgIpc) is 2.34. The minimum absolute atomic E-state index is 0.0665. The molecule has 0 spiro atoms. The zero-order chi connectivity index (χ0) is 13.5. The van der Waals surface area contributed by atoms with E-state index < -0.39 is 5.97 Å². The van der Waals surface area contributed by atoms with Crippen LogP contribution >= 0.6 is 11.8 Å². The Bertz CT molecular complexity index is 289. The van der Waals surface area contributed by atoms with Gasteiger partial charge in [0.1, 0.15) is 0 Å². The molecule has 0 unspecified atom stereocenters. The van der Waals surface area contributed by atoms with Crippen LogP contribution in [0.1, 0.15) is 26.7 Å². The van der Waals surface area contributed by atoms with E-state index in [1.54, 1.807) is 4.90 Å². The Balaban J connectivity index is 2.18. The fraction of sp³-hybridized carbons (Fsp3) is 0.833. The van der Waals surface area contributed by atoms with E-state index in [0.717, 1.165) is 5.75 Å². The molecule has 0 atom stereocenters. The van der Waals surface area contributed by atoms with E-state index in [1.165, 1.54) is 0 Å². The van der Waals surface area contributed by atoms with Crippen molar-refractivity contribution in [3.8, 4) is 0 Å². The van der Waals surface area contributed by atoms with Crippen LogP contribution in [0.5, 0.6) is 0 Å². The smallest absolute Gasteiger partial charge is 0.317 e. The highest BCUT2D eigenvalue weighted by molar-refractivity contribution is 7.99. The first kappa shape index (κ1) is 15.1. The maximum absolute atomic E-state index is 11.8. The highest BCUT2D eigenvalue weighted by atomic mass is 32.2. The van der Waals surface area contributed by atoms with Crippen molar-refractivity contribution in [1.29, 1.82) is 0 Å². The van der Waals surface area contributed by atoms with Crippen molar-refractivity contribution in [2.24, 2.45) is 5.92 Å². The van der Waals surface area contributed by atoms with Crippen molar-refractivity contribution in [2.45, 2.75) is 31.9 Å². The highest BCUT2D eigenvalue weighted by Crippen LogP contribution is 2.17. The number of aliphatic carboxylic acids is 1. The molecule has 0 radical (unpaired) electrons. The van der Waals surface area contributed by atoms with Gasteiger partial charge in [0, 0.05) is 25.4 Å². The third kappa shape index (κ3) is 5.16. The summed E-state index contributed by atoms with van der Waals surface area (Å²) in [6, 6.07) is -0.0665. The van der Waals surface area contributed by atoms with Gasteiger partial charge in [0.15, 0.2) is 0 Å². The number of piperidine rings is 1. The molecule has 2 amide bonds. The number of carbonyl (C=O) groups excluding carboxylic acids is 1. The quantitative estimate of drug-likeness (QED) is 0.748. The van der Waals surface area contributed by atoms with Crippen LogP contribution in [0.4, 0.5) is 4.79 Å². The van der Waals surface area contributed by atoms with Crippen LogP contribution in [-0.2, 0) is 4.79 Å². The molecule has 1 fully saturated rings. The first-order valence-electron chi connectivity index (χ1n) is 6.38. The van der Waals surface area contributed by atoms with Crippen LogP contribution < -0.4 is 5.32 Å². The van der Waals surface area contributed by atoms with Crippen LogP contribution in [0.2, 0.25) is 0 Å². The fourth-order valence-corrected chi connectivity index (χ4v) is 2.59. The largest absolute Gasteiger partial charge is 0.481 e. The number of likely N-dealkylation sites (tertiary alicyclic amines) is 1. The van der Waals surface area contributed by atoms with E-state index in [1.807, 2.05) is 11.8 Å². The molecule has 0 aromatic carbocycles. The topological polar surface area (TPSA) is 69.6 Å². The van der Waals surface area contributed by atoms with Gasteiger partial charge in [-0.3, -0.25) is 4.79 Å². The maximum atomic E-state index is 11.8. The predicted molar refractivity (Wildman–Crippen MR) is 72.9 cm³/mol. The number of hydrogen-bond acceptors (Lipinski definition) is 3. The lowest BCUT2D eigenvalue weighted by Crippen LogP contribution is -2.46.